The number of carboxylic acid groups (broad SMARTS) is 1. The average molecular weight is 256 g/mol. The number of carbonyl (C=O) groups excluding carboxylic acids is 1. The summed E-state index contributed by atoms with van der Waals surface area (Å²) in [6, 6.07) is -1.17. The van der Waals surface area contributed by atoms with Crippen LogP contribution in [0.2, 0.25) is 0 Å². The molecule has 1 atom stereocenters. The van der Waals surface area contributed by atoms with Gasteiger partial charge in [0.2, 0.25) is 0 Å². The standard InChI is InChI=1S/C13H24N2O3/c1-5-7-15(8-6-2)13(18)14-11(12(16)17)9-10(3)4/h5,10-11H,1,6-9H2,2-4H3,(H,14,18)(H,16,17)/t11-/m1/s1. The predicted octanol–water partition coefficient (Wildman–Crippen LogP) is 2.09. The summed E-state index contributed by atoms with van der Waals surface area (Å²) in [5.74, 6) is -0.780. The van der Waals surface area contributed by atoms with E-state index in [-0.39, 0.29) is 11.9 Å². The maximum Gasteiger partial charge on any atom is 0.326 e. The fourth-order valence-electron chi connectivity index (χ4n) is 1.63. The number of urea groups is 1. The molecule has 0 aliphatic heterocycles. The number of nitrogens with one attached hydrogen (secondary N) is 1. The van der Waals surface area contributed by atoms with Gasteiger partial charge < -0.3 is 15.3 Å². The Morgan fingerprint density at radius 2 is 2.06 bits per heavy atom. The first-order chi connectivity index (χ1) is 8.42. The molecule has 0 rings (SSSR count). The molecular formula is C13H24N2O3. The molecule has 18 heavy (non-hydrogen) atoms. The Labute approximate surface area is 109 Å². The van der Waals surface area contributed by atoms with Crippen LogP contribution in [0.15, 0.2) is 12.7 Å². The average Bonchev–Trinajstić information content (AvgIpc) is 2.27. The number of hydrogen-bond donors (Lipinski definition) is 2. The first-order valence-electron chi connectivity index (χ1n) is 6.31. The van der Waals surface area contributed by atoms with Crippen molar-refractivity contribution in [2.45, 2.75) is 39.7 Å². The van der Waals surface area contributed by atoms with Gasteiger partial charge in [0, 0.05) is 13.1 Å². The van der Waals surface area contributed by atoms with Crippen molar-refractivity contribution in [3.63, 3.8) is 0 Å². The van der Waals surface area contributed by atoms with Crippen molar-refractivity contribution in [2.24, 2.45) is 5.92 Å². The van der Waals surface area contributed by atoms with Crippen molar-refractivity contribution in [2.75, 3.05) is 13.1 Å². The van der Waals surface area contributed by atoms with Crippen LogP contribution in [0.5, 0.6) is 0 Å². The fraction of sp³-hybridized carbons (Fsp3) is 0.692. The van der Waals surface area contributed by atoms with E-state index in [4.69, 9.17) is 5.11 Å². The van der Waals surface area contributed by atoms with Crippen molar-refractivity contribution in [3.8, 4) is 0 Å². The highest BCUT2D eigenvalue weighted by molar-refractivity contribution is 5.82. The van der Waals surface area contributed by atoms with Gasteiger partial charge in [-0.15, -0.1) is 6.58 Å². The van der Waals surface area contributed by atoms with Gasteiger partial charge in [0.05, 0.1) is 0 Å². The molecule has 0 radical (unpaired) electrons. The van der Waals surface area contributed by atoms with Crippen LogP contribution in [0.4, 0.5) is 4.79 Å². The minimum absolute atomic E-state index is 0.213. The lowest BCUT2D eigenvalue weighted by Crippen LogP contribution is -2.48. The summed E-state index contributed by atoms with van der Waals surface area (Å²) in [4.78, 5) is 24.5. The molecule has 0 aliphatic rings. The van der Waals surface area contributed by atoms with E-state index in [0.29, 0.717) is 19.5 Å². The highest BCUT2D eigenvalue weighted by Crippen LogP contribution is 2.06. The van der Waals surface area contributed by atoms with Crippen molar-refractivity contribution in [3.05, 3.63) is 12.7 Å². The molecule has 104 valence electrons. The molecule has 2 N–H and O–H groups in total. The zero-order valence-electron chi connectivity index (χ0n) is 11.5. The predicted molar refractivity (Wildman–Crippen MR) is 71.5 cm³/mol. The summed E-state index contributed by atoms with van der Waals surface area (Å²) in [7, 11) is 0. The van der Waals surface area contributed by atoms with Gasteiger partial charge >= 0.3 is 12.0 Å². The summed E-state index contributed by atoms with van der Waals surface area (Å²) in [6.07, 6.45) is 2.88. The number of carboxylic acids is 1. The highest BCUT2D eigenvalue weighted by atomic mass is 16.4. The number of rotatable bonds is 8. The number of carbonyl (C=O) groups is 2. The van der Waals surface area contributed by atoms with E-state index < -0.39 is 12.0 Å². The molecule has 5 heteroatoms. The zero-order chi connectivity index (χ0) is 14.1. The molecule has 0 aromatic heterocycles. The van der Waals surface area contributed by atoms with Crippen molar-refractivity contribution >= 4 is 12.0 Å². The molecule has 0 bridgehead atoms. The molecule has 0 spiro atoms. The Hall–Kier alpha value is -1.52. The van der Waals surface area contributed by atoms with Gasteiger partial charge in [-0.25, -0.2) is 9.59 Å². The number of amides is 2. The van der Waals surface area contributed by atoms with Crippen LogP contribution in [0.1, 0.15) is 33.6 Å². The van der Waals surface area contributed by atoms with E-state index in [1.165, 1.54) is 0 Å². The van der Waals surface area contributed by atoms with Crippen LogP contribution >= 0.6 is 0 Å². The monoisotopic (exact) mass is 256 g/mol. The van der Waals surface area contributed by atoms with Crippen LogP contribution in [0, 0.1) is 5.92 Å². The third kappa shape index (κ3) is 6.27. The van der Waals surface area contributed by atoms with Crippen LogP contribution in [-0.4, -0.2) is 41.1 Å². The Balaban J connectivity index is 4.54. The number of aliphatic carboxylic acids is 1. The molecule has 0 aromatic carbocycles. The summed E-state index contributed by atoms with van der Waals surface area (Å²) in [5, 5.41) is 11.6. The van der Waals surface area contributed by atoms with Gasteiger partial charge in [-0.2, -0.15) is 0 Å². The normalized spacial score (nSPS) is 12.0. The first kappa shape index (κ1) is 16.5. The molecule has 0 fully saturated rings. The van der Waals surface area contributed by atoms with E-state index in [0.717, 1.165) is 6.42 Å². The molecule has 0 saturated heterocycles. The second-order valence-electron chi connectivity index (χ2n) is 4.70. The highest BCUT2D eigenvalue weighted by Gasteiger charge is 2.23. The first-order valence-corrected chi connectivity index (χ1v) is 6.31. The Morgan fingerprint density at radius 3 is 2.44 bits per heavy atom. The van der Waals surface area contributed by atoms with Crippen LogP contribution in [-0.2, 0) is 4.79 Å². The molecule has 2 amide bonds. The third-order valence-corrected chi connectivity index (χ3v) is 2.43. The van der Waals surface area contributed by atoms with Gasteiger partial charge in [0.15, 0.2) is 0 Å². The van der Waals surface area contributed by atoms with E-state index in [1.807, 2.05) is 20.8 Å². The summed E-state index contributed by atoms with van der Waals surface area (Å²) >= 11 is 0. The maximum absolute atomic E-state index is 11.9. The van der Waals surface area contributed by atoms with Crippen molar-refractivity contribution in [1.82, 2.24) is 10.2 Å². The Kier molecular flexibility index (Phi) is 7.83. The lowest BCUT2D eigenvalue weighted by Gasteiger charge is -2.24. The van der Waals surface area contributed by atoms with Gasteiger partial charge in [0.1, 0.15) is 6.04 Å². The smallest absolute Gasteiger partial charge is 0.326 e. The molecule has 0 heterocycles. The lowest BCUT2D eigenvalue weighted by atomic mass is 10.0. The van der Waals surface area contributed by atoms with Crippen LogP contribution in [0.25, 0.3) is 0 Å². The Bertz CT molecular complexity index is 290. The summed E-state index contributed by atoms with van der Waals surface area (Å²) in [6.45, 7) is 10.4. The third-order valence-electron chi connectivity index (χ3n) is 2.43. The zero-order valence-corrected chi connectivity index (χ0v) is 11.5. The topological polar surface area (TPSA) is 69.6 Å². The quantitative estimate of drug-likeness (QED) is 0.653. The van der Waals surface area contributed by atoms with Crippen molar-refractivity contribution < 1.29 is 14.7 Å². The molecule has 5 nitrogen and oxygen atoms in total. The van der Waals surface area contributed by atoms with Gasteiger partial charge in [-0.1, -0.05) is 26.8 Å². The molecule has 0 unspecified atom stereocenters. The second kappa shape index (κ2) is 8.55. The molecular weight excluding hydrogens is 232 g/mol. The van der Waals surface area contributed by atoms with Gasteiger partial charge in [-0.3, -0.25) is 0 Å². The van der Waals surface area contributed by atoms with Crippen LogP contribution in [0.3, 0.4) is 0 Å². The van der Waals surface area contributed by atoms with E-state index >= 15 is 0 Å². The second-order valence-corrected chi connectivity index (χ2v) is 4.70. The minimum atomic E-state index is -0.993. The molecule has 0 saturated carbocycles. The minimum Gasteiger partial charge on any atom is -0.480 e. The number of hydrogen-bond acceptors (Lipinski definition) is 2. The Morgan fingerprint density at radius 1 is 1.44 bits per heavy atom. The molecule has 0 aromatic rings. The van der Waals surface area contributed by atoms with E-state index in [1.54, 1.807) is 11.0 Å². The summed E-state index contributed by atoms with van der Waals surface area (Å²) in [5.41, 5.74) is 0. The summed E-state index contributed by atoms with van der Waals surface area (Å²) < 4.78 is 0. The maximum atomic E-state index is 11.9. The van der Waals surface area contributed by atoms with Crippen molar-refractivity contribution in [1.29, 1.82) is 0 Å². The molecule has 0 aliphatic carbocycles. The fourth-order valence-corrected chi connectivity index (χ4v) is 1.63. The van der Waals surface area contributed by atoms with E-state index in [9.17, 15) is 9.59 Å². The SMILES string of the molecule is C=CCN(CCC)C(=O)N[C@H](CC(C)C)C(=O)O. The van der Waals surface area contributed by atoms with Gasteiger partial charge in [0.25, 0.3) is 0 Å². The van der Waals surface area contributed by atoms with Crippen LogP contribution < -0.4 is 5.32 Å². The number of nitrogens with zero attached hydrogens (tertiary/aromatic N) is 1. The lowest BCUT2D eigenvalue weighted by molar-refractivity contribution is -0.139. The largest absolute Gasteiger partial charge is 0.480 e. The van der Waals surface area contributed by atoms with Gasteiger partial charge in [-0.05, 0) is 18.8 Å². The van der Waals surface area contributed by atoms with E-state index in [2.05, 4.69) is 11.9 Å².